The van der Waals surface area contributed by atoms with Crippen molar-refractivity contribution in [1.82, 2.24) is 0 Å². The maximum Gasteiger partial charge on any atom is 0.336 e. The van der Waals surface area contributed by atoms with Crippen LogP contribution in [0.4, 0.5) is 0 Å². The minimum absolute atomic E-state index is 0.0111. The molecule has 7 nitrogen and oxygen atoms in total. The van der Waals surface area contributed by atoms with E-state index in [0.717, 1.165) is 12.1 Å². The molecule has 0 fully saturated rings. The van der Waals surface area contributed by atoms with Gasteiger partial charge in [0.15, 0.2) is 5.78 Å². The molecule has 0 amide bonds. The van der Waals surface area contributed by atoms with Crippen molar-refractivity contribution in [2.75, 3.05) is 7.11 Å². The van der Waals surface area contributed by atoms with E-state index in [1.54, 1.807) is 0 Å². The summed E-state index contributed by atoms with van der Waals surface area (Å²) in [5, 5.41) is 30.1. The number of ether oxygens (including phenoxy) is 1. The molecule has 3 N–H and O–H groups in total. The first-order chi connectivity index (χ1) is 14.1. The van der Waals surface area contributed by atoms with E-state index in [0.29, 0.717) is 24.8 Å². The number of rotatable bonds is 8. The molecule has 0 spiro atoms. The van der Waals surface area contributed by atoms with Crippen LogP contribution in [0.3, 0.4) is 0 Å². The number of ketones is 1. The second-order valence-corrected chi connectivity index (χ2v) is 7.45. The summed E-state index contributed by atoms with van der Waals surface area (Å²) in [6.45, 7) is 1.44. The molecule has 9 heteroatoms. The number of phenols is 2. The number of carbonyl (C=O) groups excluding carboxylic acids is 2. The molecule has 2 rings (SSSR count). The highest BCUT2D eigenvalue weighted by Gasteiger charge is 2.25. The third kappa shape index (κ3) is 5.04. The van der Waals surface area contributed by atoms with Gasteiger partial charge < -0.3 is 20.1 Å². The smallest absolute Gasteiger partial charge is 0.336 e. The zero-order valence-corrected chi connectivity index (χ0v) is 17.8. The van der Waals surface area contributed by atoms with Crippen LogP contribution in [-0.2, 0) is 16.0 Å². The highest BCUT2D eigenvalue weighted by Crippen LogP contribution is 2.37. The van der Waals surface area contributed by atoms with Gasteiger partial charge in [0.25, 0.3) is 0 Å². The Morgan fingerprint density at radius 1 is 0.933 bits per heavy atom. The third-order valence-electron chi connectivity index (χ3n) is 4.67. The maximum atomic E-state index is 13.1. The number of halogens is 2. The molecule has 0 saturated carbocycles. The number of benzene rings is 2. The van der Waals surface area contributed by atoms with Crippen LogP contribution >= 0.6 is 23.2 Å². The van der Waals surface area contributed by atoms with Crippen LogP contribution in [0, 0.1) is 6.92 Å². The summed E-state index contributed by atoms with van der Waals surface area (Å²) in [5.41, 5.74) is -0.307. The number of carbonyl (C=O) groups is 3. The Balaban J connectivity index is 2.43. The number of hydrogen-bond donors (Lipinski definition) is 3. The van der Waals surface area contributed by atoms with E-state index in [-0.39, 0.29) is 50.4 Å². The van der Waals surface area contributed by atoms with Gasteiger partial charge in [0.2, 0.25) is 0 Å². The van der Waals surface area contributed by atoms with E-state index in [4.69, 9.17) is 23.2 Å². The fraction of sp³-hybridized carbons (Fsp3) is 0.286. The topological polar surface area (TPSA) is 121 Å². The number of unbranched alkanes of at least 4 members (excludes halogenated alkanes) is 1. The fourth-order valence-electron chi connectivity index (χ4n) is 2.97. The van der Waals surface area contributed by atoms with Gasteiger partial charge in [-0.2, -0.15) is 0 Å². The number of phenolic OH excluding ortho intramolecular Hbond substituents is 2. The van der Waals surface area contributed by atoms with E-state index < -0.39 is 17.5 Å². The van der Waals surface area contributed by atoms with Crippen LogP contribution < -0.4 is 0 Å². The number of methoxy groups -OCH3 is 1. The lowest BCUT2D eigenvalue weighted by Gasteiger charge is -2.14. The zero-order chi connectivity index (χ0) is 22.6. The maximum absolute atomic E-state index is 13.1. The Morgan fingerprint density at radius 3 is 2.10 bits per heavy atom. The van der Waals surface area contributed by atoms with Gasteiger partial charge in [-0.05, 0) is 49.9 Å². The van der Waals surface area contributed by atoms with Gasteiger partial charge >= 0.3 is 11.9 Å². The van der Waals surface area contributed by atoms with E-state index in [1.165, 1.54) is 20.1 Å². The minimum atomic E-state index is -1.38. The van der Waals surface area contributed by atoms with Gasteiger partial charge in [-0.3, -0.25) is 9.59 Å². The Labute approximate surface area is 182 Å². The van der Waals surface area contributed by atoms with Gasteiger partial charge in [-0.1, -0.05) is 23.2 Å². The van der Waals surface area contributed by atoms with Gasteiger partial charge in [-0.15, -0.1) is 0 Å². The van der Waals surface area contributed by atoms with Gasteiger partial charge in [0, 0.05) is 17.5 Å². The van der Waals surface area contributed by atoms with Crippen LogP contribution in [-0.4, -0.2) is 40.2 Å². The van der Waals surface area contributed by atoms with Crippen molar-refractivity contribution in [1.29, 1.82) is 0 Å². The molecule has 0 unspecified atom stereocenters. The van der Waals surface area contributed by atoms with E-state index in [2.05, 4.69) is 4.74 Å². The Kier molecular flexibility index (Phi) is 7.70. The predicted molar refractivity (Wildman–Crippen MR) is 111 cm³/mol. The molecule has 0 aliphatic rings. The molecule has 30 heavy (non-hydrogen) atoms. The first-order valence-electron chi connectivity index (χ1n) is 8.96. The number of esters is 1. The summed E-state index contributed by atoms with van der Waals surface area (Å²) in [7, 11) is 1.30. The molecule has 160 valence electrons. The number of carboxylic acids is 1. The Hall–Kier alpha value is -2.77. The Bertz CT molecular complexity index is 1020. The average Bonchev–Trinajstić information content (AvgIpc) is 2.71. The number of carboxylic acid groups (broad SMARTS) is 1. The first kappa shape index (κ1) is 23.5. The molecule has 0 heterocycles. The van der Waals surface area contributed by atoms with Crippen molar-refractivity contribution >= 4 is 40.9 Å². The highest BCUT2D eigenvalue weighted by atomic mass is 35.5. The van der Waals surface area contributed by atoms with Crippen molar-refractivity contribution in [3.8, 4) is 11.5 Å². The van der Waals surface area contributed by atoms with Gasteiger partial charge in [0.05, 0.1) is 28.3 Å². The molecule has 0 aliphatic carbocycles. The summed E-state index contributed by atoms with van der Waals surface area (Å²) < 4.78 is 4.57. The summed E-state index contributed by atoms with van der Waals surface area (Å²) in [6.07, 6.45) is 1.57. The number of aryl methyl sites for hydroxylation is 1. The Morgan fingerprint density at radius 2 is 1.53 bits per heavy atom. The SMILES string of the molecule is COC(=O)CCCCc1cc(C(=O)c2cc(Cl)c(Cl)cc2C(=O)O)c(O)c(C)c1O. The summed E-state index contributed by atoms with van der Waals surface area (Å²) in [4.78, 5) is 35.8. The van der Waals surface area contributed by atoms with Crippen LogP contribution in [0.15, 0.2) is 18.2 Å². The molecule has 0 bridgehead atoms. The standard InChI is InChI=1S/C21H20Cl2O7/c1-10-18(25)11(5-3-4-6-17(24)30-2)7-14(19(10)26)20(27)12-8-15(22)16(23)9-13(12)21(28)29/h7-9,25-26H,3-6H2,1-2H3,(H,28,29). The first-order valence-corrected chi connectivity index (χ1v) is 9.72. The van der Waals surface area contributed by atoms with E-state index >= 15 is 0 Å². The molecule has 0 saturated heterocycles. The fourth-order valence-corrected chi connectivity index (χ4v) is 3.30. The summed E-state index contributed by atoms with van der Waals surface area (Å²) >= 11 is 11.8. The summed E-state index contributed by atoms with van der Waals surface area (Å²) in [6, 6.07) is 3.51. The largest absolute Gasteiger partial charge is 0.507 e. The quantitative estimate of drug-likeness (QED) is 0.304. The second-order valence-electron chi connectivity index (χ2n) is 6.63. The van der Waals surface area contributed by atoms with E-state index in [1.807, 2.05) is 0 Å². The molecular weight excluding hydrogens is 435 g/mol. The van der Waals surface area contributed by atoms with Crippen molar-refractivity contribution < 1.29 is 34.4 Å². The van der Waals surface area contributed by atoms with E-state index in [9.17, 15) is 29.7 Å². The van der Waals surface area contributed by atoms with Crippen molar-refractivity contribution in [3.63, 3.8) is 0 Å². The third-order valence-corrected chi connectivity index (χ3v) is 5.40. The number of hydrogen-bond acceptors (Lipinski definition) is 6. The zero-order valence-electron chi connectivity index (χ0n) is 16.3. The van der Waals surface area contributed by atoms with Crippen LogP contribution in [0.5, 0.6) is 11.5 Å². The predicted octanol–water partition coefficient (Wildman–Crippen LogP) is 4.53. The van der Waals surface area contributed by atoms with Crippen LogP contribution in [0.1, 0.15) is 56.7 Å². The lowest BCUT2D eigenvalue weighted by atomic mass is 9.92. The lowest BCUT2D eigenvalue weighted by molar-refractivity contribution is -0.140. The van der Waals surface area contributed by atoms with Gasteiger partial charge in [-0.25, -0.2) is 4.79 Å². The molecule has 0 atom stereocenters. The molecule has 2 aromatic rings. The normalized spacial score (nSPS) is 10.7. The molecule has 0 radical (unpaired) electrons. The molecular formula is C21H20Cl2O7. The molecule has 0 aliphatic heterocycles. The minimum Gasteiger partial charge on any atom is -0.507 e. The number of aromatic hydroxyl groups is 2. The molecule has 2 aromatic carbocycles. The van der Waals surface area contributed by atoms with Crippen molar-refractivity contribution in [2.24, 2.45) is 0 Å². The monoisotopic (exact) mass is 454 g/mol. The highest BCUT2D eigenvalue weighted by molar-refractivity contribution is 6.42. The lowest BCUT2D eigenvalue weighted by Crippen LogP contribution is -2.11. The average molecular weight is 455 g/mol. The second kappa shape index (κ2) is 9.82. The van der Waals surface area contributed by atoms with Crippen molar-refractivity contribution in [3.05, 3.63) is 56.1 Å². The van der Waals surface area contributed by atoms with Crippen LogP contribution in [0.25, 0.3) is 0 Å². The van der Waals surface area contributed by atoms with Crippen molar-refractivity contribution in [2.45, 2.75) is 32.6 Å². The molecule has 0 aromatic heterocycles. The van der Waals surface area contributed by atoms with Gasteiger partial charge in [0.1, 0.15) is 11.5 Å². The summed E-state index contributed by atoms with van der Waals surface area (Å²) in [5.74, 6) is -3.14. The van der Waals surface area contributed by atoms with Crippen LogP contribution in [0.2, 0.25) is 10.0 Å². The number of aromatic carboxylic acids is 1.